The van der Waals surface area contributed by atoms with E-state index in [2.05, 4.69) is 12.2 Å². The number of ether oxygens (including phenoxy) is 3. The molecule has 0 saturated carbocycles. The number of amides is 4. The van der Waals surface area contributed by atoms with Gasteiger partial charge in [-0.15, -0.1) is 0 Å². The van der Waals surface area contributed by atoms with Crippen LogP contribution in [0.25, 0.3) is 6.08 Å². The monoisotopic (exact) mass is 438 g/mol. The molecule has 1 saturated heterocycles. The van der Waals surface area contributed by atoms with Gasteiger partial charge in [-0.2, -0.15) is 0 Å². The van der Waals surface area contributed by atoms with E-state index < -0.39 is 17.8 Å². The maximum atomic E-state index is 13.1. The minimum Gasteiger partial charge on any atom is -0.497 e. The van der Waals surface area contributed by atoms with E-state index >= 15 is 0 Å². The molecule has 2 aromatic rings. The Kier molecular flexibility index (Phi) is 7.49. The van der Waals surface area contributed by atoms with Gasteiger partial charge in [-0.25, -0.2) is 9.69 Å². The van der Waals surface area contributed by atoms with Gasteiger partial charge in [0.05, 0.1) is 26.0 Å². The number of carbonyl (C=O) groups excluding carboxylic acids is 3. The summed E-state index contributed by atoms with van der Waals surface area (Å²) in [5.41, 5.74) is 0.660. The van der Waals surface area contributed by atoms with Crippen molar-refractivity contribution in [2.45, 2.75) is 26.7 Å². The van der Waals surface area contributed by atoms with Crippen molar-refractivity contribution in [1.29, 1.82) is 0 Å². The van der Waals surface area contributed by atoms with E-state index in [1.54, 1.807) is 42.5 Å². The number of anilines is 1. The van der Waals surface area contributed by atoms with E-state index in [-0.39, 0.29) is 5.57 Å². The molecule has 1 aliphatic rings. The van der Waals surface area contributed by atoms with Crippen molar-refractivity contribution < 1.29 is 28.6 Å². The summed E-state index contributed by atoms with van der Waals surface area (Å²) in [6.45, 7) is 4.87. The van der Waals surface area contributed by atoms with E-state index in [1.807, 2.05) is 6.92 Å². The summed E-state index contributed by atoms with van der Waals surface area (Å²) in [5, 5.41) is 2.22. The standard InChI is InChI=1S/C24H26N2O6/c1-4-6-13-32-18-11-8-17(9-12-18)26-23(28)20(22(27)25-24(26)29)14-16-7-10-19(30-3)15-21(16)31-5-2/h7-12,14-15H,4-6,13H2,1-3H3,(H,25,27,29)/b20-14-. The van der Waals surface area contributed by atoms with Crippen LogP contribution in [0.1, 0.15) is 32.3 Å². The molecule has 168 valence electrons. The average Bonchev–Trinajstić information content (AvgIpc) is 2.78. The van der Waals surface area contributed by atoms with Crippen LogP contribution in [0.5, 0.6) is 17.2 Å². The summed E-state index contributed by atoms with van der Waals surface area (Å²) >= 11 is 0. The molecule has 0 unspecified atom stereocenters. The molecule has 0 aromatic heterocycles. The van der Waals surface area contributed by atoms with Gasteiger partial charge in [-0.05, 0) is 55.8 Å². The van der Waals surface area contributed by atoms with Crippen molar-refractivity contribution >= 4 is 29.6 Å². The summed E-state index contributed by atoms with van der Waals surface area (Å²) in [6.07, 6.45) is 3.35. The van der Waals surface area contributed by atoms with E-state index in [9.17, 15) is 14.4 Å². The SMILES string of the molecule is CCCCOc1ccc(N2C(=O)NC(=O)/C(=C/c3ccc(OC)cc3OCC)C2=O)cc1. The molecule has 8 nitrogen and oxygen atoms in total. The fraction of sp³-hybridized carbons (Fsp3) is 0.292. The van der Waals surface area contributed by atoms with Gasteiger partial charge in [0.15, 0.2) is 0 Å². The van der Waals surface area contributed by atoms with Gasteiger partial charge in [0.1, 0.15) is 22.8 Å². The van der Waals surface area contributed by atoms with Crippen LogP contribution in [0, 0.1) is 0 Å². The molecule has 0 aliphatic carbocycles. The number of unbranched alkanes of at least 4 members (excludes halogenated alkanes) is 1. The van der Waals surface area contributed by atoms with Crippen LogP contribution >= 0.6 is 0 Å². The lowest BCUT2D eigenvalue weighted by molar-refractivity contribution is -0.122. The van der Waals surface area contributed by atoms with Crippen LogP contribution in [0.4, 0.5) is 10.5 Å². The van der Waals surface area contributed by atoms with Gasteiger partial charge in [0.25, 0.3) is 11.8 Å². The number of methoxy groups -OCH3 is 1. The molecular formula is C24H26N2O6. The Balaban J connectivity index is 1.90. The summed E-state index contributed by atoms with van der Waals surface area (Å²) in [7, 11) is 1.53. The first-order valence-electron chi connectivity index (χ1n) is 10.4. The summed E-state index contributed by atoms with van der Waals surface area (Å²) in [4.78, 5) is 38.9. The van der Waals surface area contributed by atoms with Gasteiger partial charge in [0, 0.05) is 11.6 Å². The molecule has 4 amide bonds. The number of benzene rings is 2. The lowest BCUT2D eigenvalue weighted by atomic mass is 10.1. The van der Waals surface area contributed by atoms with Crippen molar-refractivity contribution in [3.63, 3.8) is 0 Å². The number of carbonyl (C=O) groups is 3. The zero-order valence-electron chi connectivity index (χ0n) is 18.3. The van der Waals surface area contributed by atoms with E-state index in [4.69, 9.17) is 14.2 Å². The fourth-order valence-electron chi connectivity index (χ4n) is 3.11. The second-order valence-corrected chi connectivity index (χ2v) is 6.99. The van der Waals surface area contributed by atoms with E-state index in [0.29, 0.717) is 41.7 Å². The third-order valence-electron chi connectivity index (χ3n) is 4.78. The molecule has 0 radical (unpaired) electrons. The molecule has 3 rings (SSSR count). The minimum absolute atomic E-state index is 0.181. The second-order valence-electron chi connectivity index (χ2n) is 6.99. The van der Waals surface area contributed by atoms with Crippen LogP contribution in [-0.4, -0.2) is 38.2 Å². The van der Waals surface area contributed by atoms with Crippen molar-refractivity contribution in [1.82, 2.24) is 5.32 Å². The quantitative estimate of drug-likeness (QED) is 0.362. The zero-order valence-corrected chi connectivity index (χ0v) is 18.3. The van der Waals surface area contributed by atoms with Crippen molar-refractivity contribution in [2.24, 2.45) is 0 Å². The highest BCUT2D eigenvalue weighted by Gasteiger charge is 2.37. The van der Waals surface area contributed by atoms with Crippen LogP contribution < -0.4 is 24.4 Å². The van der Waals surface area contributed by atoms with Crippen LogP contribution in [0.3, 0.4) is 0 Å². The minimum atomic E-state index is -0.809. The number of hydrogen-bond acceptors (Lipinski definition) is 6. The molecule has 1 heterocycles. The summed E-state index contributed by atoms with van der Waals surface area (Å²) < 4.78 is 16.4. The zero-order chi connectivity index (χ0) is 23.1. The Morgan fingerprint density at radius 3 is 2.34 bits per heavy atom. The molecule has 32 heavy (non-hydrogen) atoms. The molecule has 0 spiro atoms. The topological polar surface area (TPSA) is 94.2 Å². The normalized spacial score (nSPS) is 15.0. The van der Waals surface area contributed by atoms with Crippen LogP contribution in [-0.2, 0) is 9.59 Å². The summed E-state index contributed by atoms with van der Waals surface area (Å²) in [6, 6.07) is 10.8. The maximum Gasteiger partial charge on any atom is 0.335 e. The molecule has 0 atom stereocenters. The molecular weight excluding hydrogens is 412 g/mol. The van der Waals surface area contributed by atoms with Crippen molar-refractivity contribution in [3.05, 3.63) is 53.6 Å². The number of hydrogen-bond donors (Lipinski definition) is 1. The second kappa shape index (κ2) is 10.5. The van der Waals surface area contributed by atoms with Gasteiger partial charge in [-0.3, -0.25) is 14.9 Å². The summed E-state index contributed by atoms with van der Waals surface area (Å²) in [5.74, 6) is 0.175. The highest BCUT2D eigenvalue weighted by Crippen LogP contribution is 2.29. The maximum absolute atomic E-state index is 13.1. The molecule has 0 bridgehead atoms. The van der Waals surface area contributed by atoms with Crippen LogP contribution in [0.15, 0.2) is 48.0 Å². The van der Waals surface area contributed by atoms with Crippen molar-refractivity contribution in [3.8, 4) is 17.2 Å². The Labute approximate surface area is 186 Å². The largest absolute Gasteiger partial charge is 0.497 e. The van der Waals surface area contributed by atoms with Gasteiger partial charge in [0.2, 0.25) is 0 Å². The van der Waals surface area contributed by atoms with E-state index in [1.165, 1.54) is 13.2 Å². The van der Waals surface area contributed by atoms with Crippen molar-refractivity contribution in [2.75, 3.05) is 25.2 Å². The number of barbiturate groups is 1. The van der Waals surface area contributed by atoms with Gasteiger partial charge in [-0.1, -0.05) is 13.3 Å². The molecule has 8 heteroatoms. The number of nitrogens with zero attached hydrogens (tertiary/aromatic N) is 1. The van der Waals surface area contributed by atoms with E-state index in [0.717, 1.165) is 17.7 Å². The lowest BCUT2D eigenvalue weighted by Gasteiger charge is -2.26. The molecule has 2 aromatic carbocycles. The average molecular weight is 438 g/mol. The highest BCUT2D eigenvalue weighted by molar-refractivity contribution is 6.39. The Bertz CT molecular complexity index is 1030. The number of imide groups is 2. The Morgan fingerprint density at radius 1 is 0.969 bits per heavy atom. The van der Waals surface area contributed by atoms with Gasteiger partial charge >= 0.3 is 6.03 Å². The lowest BCUT2D eigenvalue weighted by Crippen LogP contribution is -2.54. The molecule has 1 N–H and O–H groups in total. The third kappa shape index (κ3) is 5.08. The number of nitrogens with one attached hydrogen (secondary N) is 1. The number of rotatable bonds is 9. The van der Waals surface area contributed by atoms with Crippen LogP contribution in [0.2, 0.25) is 0 Å². The molecule has 1 aliphatic heterocycles. The third-order valence-corrected chi connectivity index (χ3v) is 4.78. The number of urea groups is 1. The van der Waals surface area contributed by atoms with Gasteiger partial charge < -0.3 is 14.2 Å². The highest BCUT2D eigenvalue weighted by atomic mass is 16.5. The smallest absolute Gasteiger partial charge is 0.335 e. The predicted molar refractivity (Wildman–Crippen MR) is 120 cm³/mol. The first kappa shape index (κ1) is 22.9. The fourth-order valence-corrected chi connectivity index (χ4v) is 3.11. The first-order chi connectivity index (χ1) is 15.5. The Hall–Kier alpha value is -3.81. The molecule has 1 fully saturated rings. The first-order valence-corrected chi connectivity index (χ1v) is 10.4. The predicted octanol–water partition coefficient (Wildman–Crippen LogP) is 3.94. The Morgan fingerprint density at radius 2 is 1.69 bits per heavy atom.